The SMILES string of the molecule is O=C(NC1CC1)c1cn(C2CCN(CCCc3ccccc3)CC2)nn1. The van der Waals surface area contributed by atoms with Gasteiger partial charge in [0.15, 0.2) is 5.69 Å². The van der Waals surface area contributed by atoms with Gasteiger partial charge in [0.2, 0.25) is 0 Å². The summed E-state index contributed by atoms with van der Waals surface area (Å²) in [6.07, 6.45) is 8.46. The van der Waals surface area contributed by atoms with E-state index in [0.717, 1.165) is 51.7 Å². The Morgan fingerprint density at radius 2 is 1.88 bits per heavy atom. The van der Waals surface area contributed by atoms with Crippen LogP contribution in [0, 0.1) is 0 Å². The summed E-state index contributed by atoms with van der Waals surface area (Å²) in [7, 11) is 0. The highest BCUT2D eigenvalue weighted by atomic mass is 16.2. The van der Waals surface area contributed by atoms with Crippen molar-refractivity contribution in [3.8, 4) is 0 Å². The number of aryl methyl sites for hydroxylation is 1. The van der Waals surface area contributed by atoms with Crippen LogP contribution < -0.4 is 5.32 Å². The number of hydrogen-bond donors (Lipinski definition) is 1. The predicted octanol–water partition coefficient (Wildman–Crippen LogP) is 2.44. The fraction of sp³-hybridized carbons (Fsp3) is 0.550. The third-order valence-corrected chi connectivity index (χ3v) is 5.37. The van der Waals surface area contributed by atoms with E-state index in [2.05, 4.69) is 50.9 Å². The smallest absolute Gasteiger partial charge is 0.273 e. The van der Waals surface area contributed by atoms with Crippen LogP contribution in [0.1, 0.15) is 54.2 Å². The van der Waals surface area contributed by atoms with Gasteiger partial charge in [-0.15, -0.1) is 5.10 Å². The van der Waals surface area contributed by atoms with Crippen molar-refractivity contribution in [3.63, 3.8) is 0 Å². The lowest BCUT2D eigenvalue weighted by Crippen LogP contribution is -2.35. The summed E-state index contributed by atoms with van der Waals surface area (Å²) in [4.78, 5) is 14.6. The van der Waals surface area contributed by atoms with Crippen molar-refractivity contribution in [1.29, 1.82) is 0 Å². The molecule has 0 bridgehead atoms. The zero-order valence-corrected chi connectivity index (χ0v) is 15.2. The summed E-state index contributed by atoms with van der Waals surface area (Å²) >= 11 is 0. The summed E-state index contributed by atoms with van der Waals surface area (Å²) in [6.45, 7) is 3.32. The maximum Gasteiger partial charge on any atom is 0.273 e. The van der Waals surface area contributed by atoms with Gasteiger partial charge in [0, 0.05) is 19.1 Å². The number of nitrogens with zero attached hydrogens (tertiary/aromatic N) is 4. The first-order valence-corrected chi connectivity index (χ1v) is 9.77. The van der Waals surface area contributed by atoms with Crippen molar-refractivity contribution in [2.24, 2.45) is 0 Å². The first-order valence-electron chi connectivity index (χ1n) is 9.77. The number of benzene rings is 1. The molecule has 138 valence electrons. The van der Waals surface area contributed by atoms with E-state index in [0.29, 0.717) is 17.8 Å². The van der Waals surface area contributed by atoms with Gasteiger partial charge in [-0.1, -0.05) is 35.5 Å². The molecule has 1 aromatic carbocycles. The predicted molar refractivity (Wildman–Crippen MR) is 100.0 cm³/mol. The fourth-order valence-electron chi connectivity index (χ4n) is 3.61. The Labute approximate surface area is 154 Å². The molecule has 0 atom stereocenters. The topological polar surface area (TPSA) is 63.1 Å². The third kappa shape index (κ3) is 4.49. The first kappa shape index (κ1) is 17.2. The Morgan fingerprint density at radius 3 is 2.62 bits per heavy atom. The largest absolute Gasteiger partial charge is 0.348 e. The molecule has 4 rings (SSSR count). The standard InChI is InChI=1S/C20H27N5O/c26-20(21-17-8-9-17)19-15-25(23-22-19)18-10-13-24(14-11-18)12-4-7-16-5-2-1-3-6-16/h1-3,5-6,15,17-18H,4,7-14H2,(H,21,26). The molecule has 1 aromatic heterocycles. The second kappa shape index (κ2) is 7.99. The minimum atomic E-state index is -0.0860. The molecule has 6 nitrogen and oxygen atoms in total. The molecule has 26 heavy (non-hydrogen) atoms. The van der Waals surface area contributed by atoms with Crippen molar-refractivity contribution >= 4 is 5.91 Å². The molecule has 2 heterocycles. The van der Waals surface area contributed by atoms with Gasteiger partial charge in [0.1, 0.15) is 0 Å². The van der Waals surface area contributed by atoms with Gasteiger partial charge in [-0.25, -0.2) is 4.68 Å². The molecule has 2 fully saturated rings. The third-order valence-electron chi connectivity index (χ3n) is 5.37. The van der Waals surface area contributed by atoms with Gasteiger partial charge in [-0.05, 0) is 50.6 Å². The lowest BCUT2D eigenvalue weighted by atomic mass is 10.0. The van der Waals surface area contributed by atoms with Gasteiger partial charge >= 0.3 is 0 Å². The highest BCUT2D eigenvalue weighted by Crippen LogP contribution is 2.22. The van der Waals surface area contributed by atoms with Gasteiger partial charge in [0.25, 0.3) is 5.91 Å². The molecule has 1 amide bonds. The van der Waals surface area contributed by atoms with E-state index in [1.165, 1.54) is 12.0 Å². The molecule has 0 unspecified atom stereocenters. The Bertz CT molecular complexity index is 717. The fourth-order valence-corrected chi connectivity index (χ4v) is 3.61. The highest BCUT2D eigenvalue weighted by molar-refractivity contribution is 5.92. The van der Waals surface area contributed by atoms with Crippen LogP contribution in [-0.2, 0) is 6.42 Å². The first-order chi connectivity index (χ1) is 12.8. The summed E-state index contributed by atoms with van der Waals surface area (Å²) in [5.41, 5.74) is 1.86. The van der Waals surface area contributed by atoms with E-state index in [9.17, 15) is 4.79 Å². The summed E-state index contributed by atoms with van der Waals surface area (Å²) < 4.78 is 1.89. The van der Waals surface area contributed by atoms with Gasteiger partial charge in [0.05, 0.1) is 12.2 Å². The minimum Gasteiger partial charge on any atom is -0.348 e. The molecular formula is C20H27N5O. The second-order valence-electron chi connectivity index (χ2n) is 7.49. The summed E-state index contributed by atoms with van der Waals surface area (Å²) in [5.74, 6) is -0.0860. The summed E-state index contributed by atoms with van der Waals surface area (Å²) in [5, 5.41) is 11.2. The van der Waals surface area contributed by atoms with Crippen molar-refractivity contribution in [2.45, 2.75) is 50.6 Å². The zero-order chi connectivity index (χ0) is 17.8. The van der Waals surface area contributed by atoms with Crippen molar-refractivity contribution < 1.29 is 4.79 Å². The molecule has 1 aliphatic carbocycles. The molecule has 0 radical (unpaired) electrons. The van der Waals surface area contributed by atoms with Gasteiger partial charge in [-0.3, -0.25) is 4.79 Å². The Balaban J connectivity index is 1.21. The number of carbonyl (C=O) groups is 1. The zero-order valence-electron chi connectivity index (χ0n) is 15.2. The second-order valence-corrected chi connectivity index (χ2v) is 7.49. The van der Waals surface area contributed by atoms with E-state index >= 15 is 0 Å². The number of nitrogens with one attached hydrogen (secondary N) is 1. The van der Waals surface area contributed by atoms with Crippen LogP contribution in [0.5, 0.6) is 0 Å². The number of carbonyl (C=O) groups excluding carboxylic acids is 1. The molecule has 0 spiro atoms. The molecular weight excluding hydrogens is 326 g/mol. The monoisotopic (exact) mass is 353 g/mol. The molecule has 1 aliphatic heterocycles. The number of likely N-dealkylation sites (tertiary alicyclic amines) is 1. The molecule has 6 heteroatoms. The quantitative estimate of drug-likeness (QED) is 0.830. The van der Waals surface area contributed by atoms with E-state index in [-0.39, 0.29) is 5.91 Å². The van der Waals surface area contributed by atoms with E-state index < -0.39 is 0 Å². The maximum absolute atomic E-state index is 12.0. The number of hydrogen-bond acceptors (Lipinski definition) is 4. The van der Waals surface area contributed by atoms with E-state index in [1.807, 2.05) is 10.9 Å². The number of piperidine rings is 1. The average molecular weight is 353 g/mol. The van der Waals surface area contributed by atoms with Crippen molar-refractivity contribution in [1.82, 2.24) is 25.2 Å². The molecule has 1 saturated carbocycles. The Kier molecular flexibility index (Phi) is 5.29. The van der Waals surface area contributed by atoms with Crippen LogP contribution in [0.2, 0.25) is 0 Å². The average Bonchev–Trinajstić information content (AvgIpc) is 3.35. The maximum atomic E-state index is 12.0. The number of amides is 1. The lowest BCUT2D eigenvalue weighted by Gasteiger charge is -2.31. The van der Waals surface area contributed by atoms with Crippen LogP contribution in [0.25, 0.3) is 0 Å². The molecule has 1 saturated heterocycles. The van der Waals surface area contributed by atoms with E-state index in [1.54, 1.807) is 0 Å². The van der Waals surface area contributed by atoms with Crippen LogP contribution in [0.4, 0.5) is 0 Å². The Hall–Kier alpha value is -2.21. The van der Waals surface area contributed by atoms with Crippen LogP contribution in [0.3, 0.4) is 0 Å². The number of rotatable bonds is 7. The normalized spacial score (nSPS) is 18.8. The molecule has 2 aliphatic rings. The minimum absolute atomic E-state index is 0.0860. The summed E-state index contributed by atoms with van der Waals surface area (Å²) in [6, 6.07) is 11.4. The van der Waals surface area contributed by atoms with Crippen molar-refractivity contribution in [3.05, 3.63) is 47.8 Å². The van der Waals surface area contributed by atoms with E-state index in [4.69, 9.17) is 0 Å². The highest BCUT2D eigenvalue weighted by Gasteiger charge is 2.26. The van der Waals surface area contributed by atoms with Crippen LogP contribution in [-0.4, -0.2) is 51.5 Å². The molecule has 1 N–H and O–H groups in total. The number of aromatic nitrogens is 3. The lowest BCUT2D eigenvalue weighted by molar-refractivity contribution is 0.0946. The van der Waals surface area contributed by atoms with Gasteiger partial charge < -0.3 is 10.2 Å². The van der Waals surface area contributed by atoms with Crippen LogP contribution >= 0.6 is 0 Å². The van der Waals surface area contributed by atoms with Gasteiger partial charge in [-0.2, -0.15) is 0 Å². The molecule has 2 aromatic rings. The van der Waals surface area contributed by atoms with Crippen molar-refractivity contribution in [2.75, 3.05) is 19.6 Å². The van der Waals surface area contributed by atoms with Crippen LogP contribution in [0.15, 0.2) is 36.5 Å². The Morgan fingerprint density at radius 1 is 1.12 bits per heavy atom.